The fourth-order valence-corrected chi connectivity index (χ4v) is 2.85. The monoisotopic (exact) mass is 384 g/mol. The van der Waals surface area contributed by atoms with Gasteiger partial charge in [-0.3, -0.25) is 4.79 Å². The average molecular weight is 385 g/mol. The maximum absolute atomic E-state index is 12.5. The Morgan fingerprint density at radius 2 is 1.74 bits per heavy atom. The van der Waals surface area contributed by atoms with E-state index in [1.807, 2.05) is 24.3 Å². The van der Waals surface area contributed by atoms with Crippen LogP contribution in [0.3, 0.4) is 0 Å². The highest BCUT2D eigenvalue weighted by Crippen LogP contribution is 2.32. The van der Waals surface area contributed by atoms with E-state index in [0.717, 1.165) is 10.8 Å². The molecule has 0 heterocycles. The molecule has 27 heavy (non-hydrogen) atoms. The summed E-state index contributed by atoms with van der Waals surface area (Å²) in [5.74, 6) is 0.0886. The minimum absolute atomic E-state index is 0.122. The second kappa shape index (κ2) is 7.97. The van der Waals surface area contributed by atoms with Gasteiger partial charge in [-0.05, 0) is 29.0 Å². The average Bonchev–Trinajstić information content (AvgIpc) is 2.68. The van der Waals surface area contributed by atoms with E-state index in [-0.39, 0.29) is 11.5 Å². The van der Waals surface area contributed by atoms with Gasteiger partial charge in [0.25, 0.3) is 5.91 Å². The molecular weight excluding hydrogens is 368 g/mol. The van der Waals surface area contributed by atoms with E-state index < -0.39 is 5.91 Å². The van der Waals surface area contributed by atoms with E-state index in [1.165, 1.54) is 32.6 Å². The number of ether oxygens (including phenoxy) is 2. The van der Waals surface area contributed by atoms with Crippen molar-refractivity contribution in [3.63, 3.8) is 0 Å². The van der Waals surface area contributed by atoms with Crippen molar-refractivity contribution >= 4 is 34.5 Å². The largest absolute Gasteiger partial charge is 0.504 e. The van der Waals surface area contributed by atoms with Crippen LogP contribution in [0.2, 0.25) is 5.02 Å². The number of methoxy groups -OCH3 is 2. The van der Waals surface area contributed by atoms with Gasteiger partial charge in [0.2, 0.25) is 0 Å². The van der Waals surface area contributed by atoms with Crippen molar-refractivity contribution in [1.29, 1.82) is 0 Å². The molecule has 1 amide bonds. The van der Waals surface area contributed by atoms with Gasteiger partial charge in [-0.2, -0.15) is 5.10 Å². The molecule has 2 N–H and O–H groups in total. The van der Waals surface area contributed by atoms with E-state index in [9.17, 15) is 9.90 Å². The van der Waals surface area contributed by atoms with Crippen molar-refractivity contribution in [2.45, 2.75) is 0 Å². The lowest BCUT2D eigenvalue weighted by molar-refractivity contribution is 0.0952. The van der Waals surface area contributed by atoms with Crippen LogP contribution in [0.5, 0.6) is 17.2 Å². The van der Waals surface area contributed by atoms with Gasteiger partial charge >= 0.3 is 0 Å². The summed E-state index contributed by atoms with van der Waals surface area (Å²) >= 11 is 5.98. The normalized spacial score (nSPS) is 10.9. The number of hydrogen-bond acceptors (Lipinski definition) is 5. The van der Waals surface area contributed by atoms with Crippen LogP contribution in [0.25, 0.3) is 10.8 Å². The van der Waals surface area contributed by atoms with Crippen LogP contribution in [0.4, 0.5) is 0 Å². The molecular formula is C20H17ClN2O4. The Morgan fingerprint density at radius 3 is 2.41 bits per heavy atom. The minimum Gasteiger partial charge on any atom is -0.504 e. The van der Waals surface area contributed by atoms with Crippen LogP contribution >= 0.6 is 11.6 Å². The predicted molar refractivity (Wildman–Crippen MR) is 105 cm³/mol. The summed E-state index contributed by atoms with van der Waals surface area (Å²) in [7, 11) is 2.92. The lowest BCUT2D eigenvalue weighted by atomic mass is 10.1. The smallest absolute Gasteiger partial charge is 0.275 e. The molecule has 0 fully saturated rings. The van der Waals surface area contributed by atoms with E-state index in [1.54, 1.807) is 12.1 Å². The number of hydrazone groups is 1. The number of fused-ring (bicyclic) bond motifs is 1. The van der Waals surface area contributed by atoms with Crippen LogP contribution < -0.4 is 14.9 Å². The summed E-state index contributed by atoms with van der Waals surface area (Å²) < 4.78 is 10.4. The zero-order valence-corrected chi connectivity index (χ0v) is 15.4. The molecule has 6 nitrogen and oxygen atoms in total. The van der Waals surface area contributed by atoms with Gasteiger partial charge in [-0.1, -0.05) is 35.9 Å². The highest BCUT2D eigenvalue weighted by Gasteiger charge is 2.13. The van der Waals surface area contributed by atoms with Gasteiger partial charge in [0.15, 0.2) is 11.5 Å². The number of nitrogens with one attached hydrogen (secondary N) is 1. The summed E-state index contributed by atoms with van der Waals surface area (Å²) in [6.45, 7) is 0. The molecule has 0 unspecified atom stereocenters. The maximum atomic E-state index is 12.5. The molecule has 7 heteroatoms. The molecule has 0 spiro atoms. The second-order valence-corrected chi connectivity index (χ2v) is 6.08. The quantitative estimate of drug-likeness (QED) is 0.515. The molecule has 0 bridgehead atoms. The fourth-order valence-electron chi connectivity index (χ4n) is 2.63. The minimum atomic E-state index is -0.442. The Bertz CT molecular complexity index is 1030. The molecule has 0 saturated carbocycles. The molecule has 0 radical (unpaired) electrons. The Balaban J connectivity index is 1.85. The molecule has 3 aromatic rings. The molecule has 0 aliphatic heterocycles. The summed E-state index contributed by atoms with van der Waals surface area (Å²) in [4.78, 5) is 12.5. The maximum Gasteiger partial charge on any atom is 0.275 e. The number of halogens is 1. The SMILES string of the molecule is COc1cc2ccccc2cc1C(=O)NN=Cc1cc(Cl)cc(OC)c1O. The number of hydrogen-bond donors (Lipinski definition) is 2. The van der Waals surface area contributed by atoms with E-state index in [0.29, 0.717) is 21.9 Å². The lowest BCUT2D eigenvalue weighted by Gasteiger charge is -2.09. The highest BCUT2D eigenvalue weighted by molar-refractivity contribution is 6.31. The van der Waals surface area contributed by atoms with Crippen molar-refractivity contribution < 1.29 is 19.4 Å². The van der Waals surface area contributed by atoms with Gasteiger partial charge in [0, 0.05) is 16.7 Å². The van der Waals surface area contributed by atoms with Gasteiger partial charge in [-0.25, -0.2) is 5.43 Å². The number of carbonyl (C=O) groups is 1. The molecule has 0 atom stereocenters. The molecule has 0 aromatic heterocycles. The first-order chi connectivity index (χ1) is 13.0. The Morgan fingerprint density at radius 1 is 1.07 bits per heavy atom. The predicted octanol–water partition coefficient (Wildman–Crippen LogP) is 3.98. The number of aromatic hydroxyl groups is 1. The van der Waals surface area contributed by atoms with Crippen LogP contribution in [0, 0.1) is 0 Å². The number of nitrogens with zero attached hydrogens (tertiary/aromatic N) is 1. The van der Waals surface area contributed by atoms with Crippen molar-refractivity contribution in [1.82, 2.24) is 5.43 Å². The summed E-state index contributed by atoms with van der Waals surface area (Å²) in [6.07, 6.45) is 1.29. The molecule has 0 saturated heterocycles. The topological polar surface area (TPSA) is 80.2 Å². The molecule has 3 rings (SSSR count). The number of rotatable bonds is 5. The van der Waals surface area contributed by atoms with Gasteiger partial charge in [0.05, 0.1) is 26.0 Å². The first-order valence-corrected chi connectivity index (χ1v) is 8.38. The standard InChI is InChI=1S/C20H17ClN2O4/c1-26-17-9-13-6-4-3-5-12(13)8-16(17)20(25)23-22-11-14-7-15(21)10-18(27-2)19(14)24/h3-11,24H,1-2H3,(H,23,25). The Kier molecular flexibility index (Phi) is 5.47. The van der Waals surface area contributed by atoms with Crippen LogP contribution in [0.15, 0.2) is 53.6 Å². The number of benzene rings is 3. The van der Waals surface area contributed by atoms with Crippen molar-refractivity contribution in [3.8, 4) is 17.2 Å². The molecule has 138 valence electrons. The van der Waals surface area contributed by atoms with E-state index >= 15 is 0 Å². The third kappa shape index (κ3) is 3.96. The number of phenolic OH excluding ortho intramolecular Hbond substituents is 1. The Hall–Kier alpha value is -3.25. The number of carbonyl (C=O) groups excluding carboxylic acids is 1. The van der Waals surface area contributed by atoms with Crippen molar-refractivity contribution in [3.05, 3.63) is 64.7 Å². The first kappa shape index (κ1) is 18.5. The summed E-state index contributed by atoms with van der Waals surface area (Å²) in [5.41, 5.74) is 3.09. The Labute approximate surface area is 161 Å². The van der Waals surface area contributed by atoms with Gasteiger partial charge < -0.3 is 14.6 Å². The summed E-state index contributed by atoms with van der Waals surface area (Å²) in [5, 5.41) is 16.2. The zero-order chi connectivity index (χ0) is 19.4. The third-order valence-electron chi connectivity index (χ3n) is 3.97. The third-order valence-corrected chi connectivity index (χ3v) is 4.19. The molecule has 3 aromatic carbocycles. The van der Waals surface area contributed by atoms with Crippen LogP contribution in [0.1, 0.15) is 15.9 Å². The van der Waals surface area contributed by atoms with E-state index in [2.05, 4.69) is 10.5 Å². The van der Waals surface area contributed by atoms with Crippen molar-refractivity contribution in [2.75, 3.05) is 14.2 Å². The number of phenols is 1. The molecule has 0 aliphatic rings. The van der Waals surface area contributed by atoms with E-state index in [4.69, 9.17) is 21.1 Å². The number of amides is 1. The second-order valence-electron chi connectivity index (χ2n) is 5.64. The van der Waals surface area contributed by atoms with Crippen LogP contribution in [-0.4, -0.2) is 31.4 Å². The zero-order valence-electron chi connectivity index (χ0n) is 14.7. The van der Waals surface area contributed by atoms with Gasteiger partial charge in [-0.15, -0.1) is 0 Å². The van der Waals surface area contributed by atoms with Crippen molar-refractivity contribution in [2.24, 2.45) is 5.10 Å². The highest BCUT2D eigenvalue weighted by atomic mass is 35.5. The lowest BCUT2D eigenvalue weighted by Crippen LogP contribution is -2.18. The fraction of sp³-hybridized carbons (Fsp3) is 0.100. The van der Waals surface area contributed by atoms with Crippen LogP contribution in [-0.2, 0) is 0 Å². The van der Waals surface area contributed by atoms with Gasteiger partial charge in [0.1, 0.15) is 5.75 Å². The molecule has 0 aliphatic carbocycles. The summed E-state index contributed by atoms with van der Waals surface area (Å²) in [6, 6.07) is 14.2. The first-order valence-electron chi connectivity index (χ1n) is 8.00.